The maximum Gasteiger partial charge on any atom is 0.270 e. The smallest absolute Gasteiger partial charge is 0.270 e. The maximum atomic E-state index is 12.4. The van der Waals surface area contributed by atoms with Crippen molar-refractivity contribution in [1.29, 1.82) is 0 Å². The number of furan rings is 1. The van der Waals surface area contributed by atoms with Crippen LogP contribution >= 0.6 is 11.6 Å². The number of amides is 1. The minimum absolute atomic E-state index is 0.252. The monoisotopic (exact) mass is 397 g/mol. The number of hydrogen-bond donors (Lipinski definition) is 1. The van der Waals surface area contributed by atoms with Crippen LogP contribution in [0.2, 0.25) is 5.02 Å². The molecule has 28 heavy (non-hydrogen) atoms. The van der Waals surface area contributed by atoms with Gasteiger partial charge in [-0.25, -0.2) is 9.97 Å². The zero-order valence-electron chi connectivity index (χ0n) is 15.2. The van der Waals surface area contributed by atoms with Crippen molar-refractivity contribution in [2.24, 2.45) is 0 Å². The summed E-state index contributed by atoms with van der Waals surface area (Å²) in [6.07, 6.45) is 3.20. The maximum absolute atomic E-state index is 12.4. The predicted octanol–water partition coefficient (Wildman–Crippen LogP) is 2.98. The van der Waals surface area contributed by atoms with E-state index in [1.165, 1.54) is 0 Å². The fourth-order valence-electron chi connectivity index (χ4n) is 3.14. The van der Waals surface area contributed by atoms with E-state index in [9.17, 15) is 4.79 Å². The zero-order chi connectivity index (χ0) is 19.3. The number of carbonyl (C=O) groups excluding carboxylic acids is 1. The van der Waals surface area contributed by atoms with Gasteiger partial charge in [-0.1, -0.05) is 17.7 Å². The topological polar surface area (TPSA) is 74.5 Å². The molecule has 2 aromatic heterocycles. The van der Waals surface area contributed by atoms with Crippen molar-refractivity contribution >= 4 is 29.1 Å². The van der Waals surface area contributed by atoms with Crippen LogP contribution in [-0.2, 0) is 6.54 Å². The lowest BCUT2D eigenvalue weighted by molar-refractivity contribution is 0.0943. The lowest BCUT2D eigenvalue weighted by atomic mass is 10.2. The van der Waals surface area contributed by atoms with Crippen molar-refractivity contribution in [2.75, 3.05) is 36.0 Å². The Labute approximate surface area is 167 Å². The summed E-state index contributed by atoms with van der Waals surface area (Å²) in [6, 6.07) is 13.1. The highest BCUT2D eigenvalue weighted by atomic mass is 35.5. The molecule has 0 unspecified atom stereocenters. The number of nitrogens with zero attached hydrogens (tertiary/aromatic N) is 4. The standard InChI is InChI=1S/C20H20ClN5O2/c21-15-3-1-4-16(13-15)25-8-10-26(11-9-25)20-22-7-6-18(24-20)19(27)23-14-17-5-2-12-28-17/h1-7,12-13H,8-11,14H2,(H,23,27). The molecule has 144 valence electrons. The molecule has 1 N–H and O–H groups in total. The van der Waals surface area contributed by atoms with Crippen LogP contribution in [0.5, 0.6) is 0 Å². The summed E-state index contributed by atoms with van der Waals surface area (Å²) < 4.78 is 5.22. The molecule has 0 spiro atoms. The minimum Gasteiger partial charge on any atom is -0.467 e. The minimum atomic E-state index is -0.252. The van der Waals surface area contributed by atoms with Gasteiger partial charge in [-0.15, -0.1) is 0 Å². The van der Waals surface area contributed by atoms with Gasteiger partial charge in [-0.3, -0.25) is 4.79 Å². The summed E-state index contributed by atoms with van der Waals surface area (Å²) in [7, 11) is 0. The van der Waals surface area contributed by atoms with Crippen molar-refractivity contribution in [3.05, 3.63) is 71.4 Å². The molecule has 4 rings (SSSR count). The molecule has 1 aliphatic heterocycles. The van der Waals surface area contributed by atoms with E-state index >= 15 is 0 Å². The van der Waals surface area contributed by atoms with Crippen LogP contribution in [0.25, 0.3) is 0 Å². The molecule has 0 radical (unpaired) electrons. The number of anilines is 2. The van der Waals surface area contributed by atoms with Gasteiger partial charge in [0.05, 0.1) is 12.8 Å². The molecule has 0 saturated carbocycles. The largest absolute Gasteiger partial charge is 0.467 e. The van der Waals surface area contributed by atoms with E-state index in [0.717, 1.165) is 36.9 Å². The number of nitrogens with one attached hydrogen (secondary N) is 1. The van der Waals surface area contributed by atoms with Crippen LogP contribution in [0.3, 0.4) is 0 Å². The summed E-state index contributed by atoms with van der Waals surface area (Å²) >= 11 is 6.09. The van der Waals surface area contributed by atoms with Gasteiger partial charge in [0.1, 0.15) is 11.5 Å². The summed E-state index contributed by atoms with van der Waals surface area (Å²) in [4.78, 5) is 25.5. The molecule has 1 saturated heterocycles. The Morgan fingerprint density at radius 1 is 1.11 bits per heavy atom. The number of benzene rings is 1. The SMILES string of the molecule is O=C(NCc1ccco1)c1ccnc(N2CCN(c3cccc(Cl)c3)CC2)n1. The number of rotatable bonds is 5. The van der Waals surface area contributed by atoms with Crippen LogP contribution in [0.15, 0.2) is 59.3 Å². The van der Waals surface area contributed by atoms with E-state index in [2.05, 4.69) is 31.2 Å². The van der Waals surface area contributed by atoms with Crippen molar-refractivity contribution in [1.82, 2.24) is 15.3 Å². The molecule has 3 heterocycles. The van der Waals surface area contributed by atoms with E-state index in [4.69, 9.17) is 16.0 Å². The number of aromatic nitrogens is 2. The van der Waals surface area contributed by atoms with E-state index < -0.39 is 0 Å². The molecule has 1 aliphatic rings. The molecule has 0 aliphatic carbocycles. The molecule has 8 heteroatoms. The summed E-state index contributed by atoms with van der Waals surface area (Å²) in [5.74, 6) is 1.01. The van der Waals surface area contributed by atoms with Gasteiger partial charge in [0.2, 0.25) is 5.95 Å². The lowest BCUT2D eigenvalue weighted by Crippen LogP contribution is -2.47. The third kappa shape index (κ3) is 4.26. The molecule has 7 nitrogen and oxygen atoms in total. The first kappa shape index (κ1) is 18.3. The highest BCUT2D eigenvalue weighted by molar-refractivity contribution is 6.30. The second-order valence-electron chi connectivity index (χ2n) is 6.46. The van der Waals surface area contributed by atoms with Crippen LogP contribution in [0.4, 0.5) is 11.6 Å². The Morgan fingerprint density at radius 2 is 1.93 bits per heavy atom. The predicted molar refractivity (Wildman–Crippen MR) is 108 cm³/mol. The van der Waals surface area contributed by atoms with Crippen LogP contribution in [0, 0.1) is 0 Å². The summed E-state index contributed by atoms with van der Waals surface area (Å²) in [6.45, 7) is 3.52. The number of halogens is 1. The fourth-order valence-corrected chi connectivity index (χ4v) is 3.32. The van der Waals surface area contributed by atoms with Gasteiger partial charge in [0, 0.05) is 43.1 Å². The van der Waals surface area contributed by atoms with E-state index in [0.29, 0.717) is 23.9 Å². The Kier molecular flexibility index (Phi) is 5.43. The highest BCUT2D eigenvalue weighted by Crippen LogP contribution is 2.21. The average Bonchev–Trinajstić information content (AvgIpc) is 3.26. The van der Waals surface area contributed by atoms with Crippen molar-refractivity contribution in [3.8, 4) is 0 Å². The number of hydrogen-bond acceptors (Lipinski definition) is 6. The van der Waals surface area contributed by atoms with Crippen molar-refractivity contribution < 1.29 is 9.21 Å². The Hall–Kier alpha value is -3.06. The van der Waals surface area contributed by atoms with Crippen LogP contribution in [-0.4, -0.2) is 42.1 Å². The van der Waals surface area contributed by atoms with E-state index in [-0.39, 0.29) is 5.91 Å². The van der Waals surface area contributed by atoms with Gasteiger partial charge >= 0.3 is 0 Å². The first-order valence-electron chi connectivity index (χ1n) is 9.08. The molecule has 1 fully saturated rings. The second kappa shape index (κ2) is 8.31. The van der Waals surface area contributed by atoms with Gasteiger partial charge in [0.15, 0.2) is 0 Å². The molecule has 1 aromatic carbocycles. The first-order valence-corrected chi connectivity index (χ1v) is 9.46. The fraction of sp³-hybridized carbons (Fsp3) is 0.250. The van der Waals surface area contributed by atoms with Gasteiger partial charge in [-0.2, -0.15) is 0 Å². The van der Waals surface area contributed by atoms with Crippen LogP contribution < -0.4 is 15.1 Å². The summed E-state index contributed by atoms with van der Waals surface area (Å²) in [5.41, 5.74) is 1.45. The highest BCUT2D eigenvalue weighted by Gasteiger charge is 2.20. The van der Waals surface area contributed by atoms with E-state index in [1.54, 1.807) is 24.6 Å². The van der Waals surface area contributed by atoms with E-state index in [1.807, 2.05) is 24.3 Å². The van der Waals surface area contributed by atoms with Gasteiger partial charge in [-0.05, 0) is 36.4 Å². The molecular formula is C20H20ClN5O2. The van der Waals surface area contributed by atoms with Gasteiger partial charge < -0.3 is 19.5 Å². The third-order valence-electron chi connectivity index (χ3n) is 4.61. The number of carbonyl (C=O) groups is 1. The zero-order valence-corrected chi connectivity index (χ0v) is 16.0. The molecule has 1 amide bonds. The second-order valence-corrected chi connectivity index (χ2v) is 6.89. The average molecular weight is 398 g/mol. The normalized spacial score (nSPS) is 14.2. The molecular weight excluding hydrogens is 378 g/mol. The van der Waals surface area contributed by atoms with Crippen molar-refractivity contribution in [3.63, 3.8) is 0 Å². The molecule has 0 atom stereocenters. The molecule has 0 bridgehead atoms. The number of piperazine rings is 1. The lowest BCUT2D eigenvalue weighted by Gasteiger charge is -2.36. The Balaban J connectivity index is 1.37. The molecule has 3 aromatic rings. The quantitative estimate of drug-likeness (QED) is 0.713. The first-order chi connectivity index (χ1) is 13.7. The Morgan fingerprint density at radius 3 is 2.68 bits per heavy atom. The van der Waals surface area contributed by atoms with Gasteiger partial charge in [0.25, 0.3) is 5.91 Å². The Bertz CT molecular complexity index is 939. The third-order valence-corrected chi connectivity index (χ3v) is 4.85. The summed E-state index contributed by atoms with van der Waals surface area (Å²) in [5, 5.41) is 3.54. The van der Waals surface area contributed by atoms with Crippen LogP contribution in [0.1, 0.15) is 16.2 Å². The van der Waals surface area contributed by atoms with Crippen molar-refractivity contribution in [2.45, 2.75) is 6.54 Å².